The Hall–Kier alpha value is -3.86. The van der Waals surface area contributed by atoms with Crippen molar-refractivity contribution in [2.24, 2.45) is 0 Å². The Morgan fingerprint density at radius 2 is 1.79 bits per heavy atom. The molecule has 11 heteroatoms. The molecular weight excluding hydrogens is 624 g/mol. The summed E-state index contributed by atoms with van der Waals surface area (Å²) < 4.78 is 14.7. The van der Waals surface area contributed by atoms with Gasteiger partial charge in [0.1, 0.15) is 17.5 Å². The lowest BCUT2D eigenvalue weighted by Gasteiger charge is -2.28. The summed E-state index contributed by atoms with van der Waals surface area (Å²) in [6, 6.07) is 21.4. The molecule has 0 spiro atoms. The van der Waals surface area contributed by atoms with Gasteiger partial charge in [-0.3, -0.25) is 18.7 Å². The third-order valence-corrected chi connectivity index (χ3v) is 8.73. The van der Waals surface area contributed by atoms with Crippen molar-refractivity contribution in [2.45, 2.75) is 32.2 Å². The van der Waals surface area contributed by atoms with Crippen LogP contribution < -0.4 is 15.7 Å². The van der Waals surface area contributed by atoms with Crippen LogP contribution in [0.3, 0.4) is 0 Å². The molecule has 2 aliphatic rings. The van der Waals surface area contributed by atoms with Gasteiger partial charge in [0.25, 0.3) is 11.8 Å². The summed E-state index contributed by atoms with van der Waals surface area (Å²) in [6.45, 7) is 3.61. The molecule has 2 aliphatic heterocycles. The Labute approximate surface area is 255 Å². The van der Waals surface area contributed by atoms with Gasteiger partial charge in [-0.15, -0.1) is 0 Å². The number of nitrogens with one attached hydrogen (secondary N) is 1. The zero-order valence-electron chi connectivity index (χ0n) is 22.8. The van der Waals surface area contributed by atoms with Gasteiger partial charge in [0.05, 0.1) is 42.2 Å². The maximum Gasteiger partial charge on any atom is 0.333 e. The number of fused-ring (bicyclic) bond motifs is 1. The predicted octanol–water partition coefficient (Wildman–Crippen LogP) is 4.98. The topological polar surface area (TPSA) is 94.8 Å². The van der Waals surface area contributed by atoms with E-state index < -0.39 is 5.91 Å². The molecule has 1 aromatic heterocycles. The molecule has 0 aliphatic carbocycles. The Balaban J connectivity index is 1.37. The quantitative estimate of drug-likeness (QED) is 0.304. The number of carbonyl (C=O) groups is 2. The number of hydrogen-bond donors (Lipinski definition) is 1. The summed E-state index contributed by atoms with van der Waals surface area (Å²) in [7, 11) is 0. The lowest BCUT2D eigenvalue weighted by Crippen LogP contribution is -2.41. The average Bonchev–Trinajstić information content (AvgIpc) is 3.28. The van der Waals surface area contributed by atoms with Crippen LogP contribution in [0.4, 0.5) is 0 Å². The highest BCUT2D eigenvalue weighted by Gasteiger charge is 2.33. The number of halogens is 2. The number of hydrogen-bond acceptors (Lipinski definition) is 5. The van der Waals surface area contributed by atoms with Crippen molar-refractivity contribution in [3.05, 3.63) is 115 Å². The van der Waals surface area contributed by atoms with Crippen LogP contribution in [0.1, 0.15) is 45.1 Å². The molecular formula is C31H28BrClN4O5. The molecule has 3 aromatic carbocycles. The number of amides is 2. The Morgan fingerprint density at radius 1 is 1.05 bits per heavy atom. The van der Waals surface area contributed by atoms with Gasteiger partial charge in [-0.1, -0.05) is 41.9 Å². The summed E-state index contributed by atoms with van der Waals surface area (Å²) >= 11 is 9.61. The SMILES string of the molecule is C[C@H](NC(=O)c1c2n(c(=O)n1-c1ccc(OC3COC3)cc1)CCN(C(=O)c1ccc(Br)c(Cl)c1)C2)c1ccccc1. The zero-order chi connectivity index (χ0) is 29.4. The Bertz CT molecular complexity index is 1700. The van der Waals surface area contributed by atoms with Gasteiger partial charge in [-0.25, -0.2) is 4.79 Å². The molecule has 216 valence electrons. The van der Waals surface area contributed by atoms with E-state index in [4.69, 9.17) is 21.1 Å². The van der Waals surface area contributed by atoms with E-state index in [2.05, 4.69) is 21.2 Å². The molecule has 3 heterocycles. The van der Waals surface area contributed by atoms with E-state index in [1.807, 2.05) is 37.3 Å². The molecule has 2 amide bonds. The molecule has 0 radical (unpaired) electrons. The second-order valence-corrected chi connectivity index (χ2v) is 11.6. The second kappa shape index (κ2) is 11.8. The smallest absolute Gasteiger partial charge is 0.333 e. The van der Waals surface area contributed by atoms with Gasteiger partial charge in [0, 0.05) is 23.1 Å². The van der Waals surface area contributed by atoms with Crippen molar-refractivity contribution >= 4 is 39.3 Å². The van der Waals surface area contributed by atoms with Crippen LogP contribution in [-0.2, 0) is 17.8 Å². The third kappa shape index (κ3) is 5.49. The van der Waals surface area contributed by atoms with E-state index in [-0.39, 0.29) is 42.5 Å². The molecule has 1 atom stereocenters. The number of ether oxygens (including phenoxy) is 2. The first-order valence-electron chi connectivity index (χ1n) is 13.6. The first-order valence-corrected chi connectivity index (χ1v) is 14.8. The fourth-order valence-electron chi connectivity index (χ4n) is 5.16. The van der Waals surface area contributed by atoms with E-state index in [9.17, 15) is 14.4 Å². The van der Waals surface area contributed by atoms with Crippen LogP contribution in [-0.4, -0.2) is 51.7 Å². The highest BCUT2D eigenvalue weighted by molar-refractivity contribution is 9.10. The van der Waals surface area contributed by atoms with Crippen LogP contribution in [0.15, 0.2) is 82.1 Å². The maximum atomic E-state index is 13.9. The highest BCUT2D eigenvalue weighted by Crippen LogP contribution is 2.27. The summed E-state index contributed by atoms with van der Waals surface area (Å²) in [5.74, 6) is 0.00386. The molecule has 0 saturated carbocycles. The lowest BCUT2D eigenvalue weighted by atomic mass is 10.1. The van der Waals surface area contributed by atoms with Gasteiger partial charge in [0.2, 0.25) is 0 Å². The molecule has 9 nitrogen and oxygen atoms in total. The van der Waals surface area contributed by atoms with E-state index >= 15 is 0 Å². The highest BCUT2D eigenvalue weighted by atomic mass is 79.9. The number of nitrogens with zero attached hydrogens (tertiary/aromatic N) is 3. The van der Waals surface area contributed by atoms with Crippen molar-refractivity contribution < 1.29 is 19.1 Å². The number of rotatable bonds is 7. The molecule has 4 aromatic rings. The largest absolute Gasteiger partial charge is 0.486 e. The van der Waals surface area contributed by atoms with E-state index in [0.717, 1.165) is 5.56 Å². The number of benzene rings is 3. The molecule has 1 N–H and O–H groups in total. The van der Waals surface area contributed by atoms with Crippen LogP contribution in [0.2, 0.25) is 5.02 Å². The second-order valence-electron chi connectivity index (χ2n) is 10.3. The van der Waals surface area contributed by atoms with Crippen molar-refractivity contribution in [1.29, 1.82) is 0 Å². The van der Waals surface area contributed by atoms with E-state index in [0.29, 0.717) is 51.9 Å². The molecule has 6 rings (SSSR count). The summed E-state index contributed by atoms with van der Waals surface area (Å²) in [6.07, 6.45) is 0.00491. The lowest BCUT2D eigenvalue weighted by molar-refractivity contribution is -0.0796. The van der Waals surface area contributed by atoms with Crippen molar-refractivity contribution in [3.8, 4) is 11.4 Å². The molecule has 0 bridgehead atoms. The first kappa shape index (κ1) is 28.3. The van der Waals surface area contributed by atoms with Crippen LogP contribution in [0.25, 0.3) is 5.69 Å². The van der Waals surface area contributed by atoms with Gasteiger partial charge in [-0.2, -0.15) is 0 Å². The van der Waals surface area contributed by atoms with E-state index in [1.165, 1.54) is 4.57 Å². The predicted molar refractivity (Wildman–Crippen MR) is 161 cm³/mol. The Morgan fingerprint density at radius 3 is 2.45 bits per heavy atom. The molecule has 42 heavy (non-hydrogen) atoms. The van der Waals surface area contributed by atoms with Gasteiger partial charge < -0.3 is 19.7 Å². The summed E-state index contributed by atoms with van der Waals surface area (Å²) in [5.41, 5.74) is 2.19. The minimum absolute atomic E-state index is 0.00491. The minimum Gasteiger partial charge on any atom is -0.486 e. The van der Waals surface area contributed by atoms with Crippen LogP contribution in [0.5, 0.6) is 5.75 Å². The minimum atomic E-state index is -0.412. The zero-order valence-corrected chi connectivity index (χ0v) is 25.1. The standard InChI is InChI=1S/C31H28BrClN4O5/c1-19(20-5-3-2-4-6-20)34-29(38)28-27-16-35(30(39)21-7-12-25(32)26(33)15-21)13-14-36(27)31(40)37(28)22-8-10-23(11-9-22)42-24-17-41-18-24/h2-12,15,19,24H,13-14,16-18H2,1H3,(H,34,38)/t19-/m0/s1. The maximum absolute atomic E-state index is 13.9. The van der Waals surface area contributed by atoms with Crippen LogP contribution in [0, 0.1) is 0 Å². The fraction of sp³-hybridized carbons (Fsp3) is 0.258. The van der Waals surface area contributed by atoms with Crippen molar-refractivity contribution in [1.82, 2.24) is 19.4 Å². The molecule has 1 saturated heterocycles. The normalized spacial score (nSPS) is 15.5. The van der Waals surface area contributed by atoms with Crippen molar-refractivity contribution in [3.63, 3.8) is 0 Å². The van der Waals surface area contributed by atoms with Gasteiger partial charge >= 0.3 is 5.69 Å². The van der Waals surface area contributed by atoms with Crippen LogP contribution >= 0.6 is 27.5 Å². The Kier molecular flexibility index (Phi) is 7.94. The third-order valence-electron chi connectivity index (χ3n) is 7.50. The van der Waals surface area contributed by atoms with Gasteiger partial charge in [0.15, 0.2) is 0 Å². The average molecular weight is 652 g/mol. The summed E-state index contributed by atoms with van der Waals surface area (Å²) in [4.78, 5) is 42.9. The number of carbonyl (C=O) groups excluding carboxylic acids is 2. The monoisotopic (exact) mass is 650 g/mol. The number of imidazole rings is 1. The molecule has 0 unspecified atom stereocenters. The first-order chi connectivity index (χ1) is 20.3. The van der Waals surface area contributed by atoms with Crippen molar-refractivity contribution in [2.75, 3.05) is 19.8 Å². The summed E-state index contributed by atoms with van der Waals surface area (Å²) in [5, 5.41) is 3.48. The van der Waals surface area contributed by atoms with E-state index in [1.54, 1.807) is 51.9 Å². The number of aromatic nitrogens is 2. The fourth-order valence-corrected chi connectivity index (χ4v) is 5.58. The van der Waals surface area contributed by atoms with Gasteiger partial charge in [-0.05, 0) is 70.9 Å². The molecule has 1 fully saturated rings.